The van der Waals surface area contributed by atoms with E-state index in [9.17, 15) is 19.5 Å². The number of carbonyl (C=O) groups excluding carboxylic acids is 3. The van der Waals surface area contributed by atoms with Gasteiger partial charge in [-0.05, 0) is 0 Å². The highest BCUT2D eigenvalue weighted by molar-refractivity contribution is 5.88. The number of esters is 2. The zero-order valence-corrected chi connectivity index (χ0v) is 15.6. The van der Waals surface area contributed by atoms with Gasteiger partial charge < -0.3 is 25.1 Å². The number of amides is 1. The predicted octanol–water partition coefficient (Wildman–Crippen LogP) is -0.598. The monoisotopic (exact) mass is 384 g/mol. The molecule has 4 atom stereocenters. The molecule has 2 heterocycles. The molecular weight excluding hydrogens is 360 g/mol. The fourth-order valence-electron chi connectivity index (χ4n) is 2.39. The number of hydrogen-bond donors (Lipinski definition) is 2. The smallest absolute Gasteiger partial charge is 0.308 e. The van der Waals surface area contributed by atoms with Gasteiger partial charge in [0, 0.05) is 0 Å². The second-order valence-corrected chi connectivity index (χ2v) is 6.77. The second kappa shape index (κ2) is 8.44. The summed E-state index contributed by atoms with van der Waals surface area (Å²) >= 11 is 0. The summed E-state index contributed by atoms with van der Waals surface area (Å²) in [6, 6.07) is 0. The average molecular weight is 384 g/mol. The molecule has 0 saturated carbocycles. The molecule has 150 valence electrons. The van der Waals surface area contributed by atoms with Gasteiger partial charge in [-0.3, -0.25) is 14.4 Å². The number of nitrogens with zero attached hydrogens (tertiary/aromatic N) is 3. The third-order valence-corrected chi connectivity index (χ3v) is 3.90. The third kappa shape index (κ3) is 4.61. The molecule has 1 aliphatic heterocycles. The first-order chi connectivity index (χ1) is 12.6. The van der Waals surface area contributed by atoms with Crippen LogP contribution in [0.5, 0.6) is 0 Å². The molecule has 27 heavy (non-hydrogen) atoms. The molecule has 11 heteroatoms. The lowest BCUT2D eigenvalue weighted by molar-refractivity contribution is -0.172. The Morgan fingerprint density at radius 3 is 2.19 bits per heavy atom. The molecule has 3 N–H and O–H groups in total. The summed E-state index contributed by atoms with van der Waals surface area (Å²) < 4.78 is 17.7. The van der Waals surface area contributed by atoms with Crippen LogP contribution in [0.15, 0.2) is 6.33 Å². The van der Waals surface area contributed by atoms with Gasteiger partial charge in [-0.15, -0.1) is 5.10 Å². The van der Waals surface area contributed by atoms with E-state index in [4.69, 9.17) is 19.9 Å². The number of ether oxygens (including phenoxy) is 3. The maximum Gasteiger partial charge on any atom is 0.308 e. The van der Waals surface area contributed by atoms with E-state index in [2.05, 4.69) is 10.1 Å². The maximum absolute atomic E-state index is 12.1. The summed E-state index contributed by atoms with van der Waals surface area (Å²) in [5.74, 6) is -3.06. The predicted molar refractivity (Wildman–Crippen MR) is 89.0 cm³/mol. The van der Waals surface area contributed by atoms with Crippen molar-refractivity contribution in [3.05, 3.63) is 12.2 Å². The largest absolute Gasteiger partial charge is 0.455 e. The highest BCUT2D eigenvalue weighted by Crippen LogP contribution is 2.34. The Bertz CT molecular complexity index is 703. The second-order valence-electron chi connectivity index (χ2n) is 6.77. The first kappa shape index (κ1) is 20.8. The van der Waals surface area contributed by atoms with Crippen LogP contribution in [0, 0.1) is 11.8 Å². The molecule has 0 unspecified atom stereocenters. The van der Waals surface area contributed by atoms with E-state index in [1.54, 1.807) is 27.7 Å². The highest BCUT2D eigenvalue weighted by Gasteiger charge is 2.51. The van der Waals surface area contributed by atoms with Crippen molar-refractivity contribution in [2.24, 2.45) is 17.6 Å². The highest BCUT2D eigenvalue weighted by atomic mass is 16.6. The molecular formula is C16H24N4O7. The molecule has 0 aromatic carbocycles. The number of rotatable bonds is 7. The number of nitrogens with two attached hydrogens (primary N) is 1. The molecule has 1 aromatic rings. The third-order valence-electron chi connectivity index (χ3n) is 3.90. The standard InChI is InChI=1S/C16H24N4O7/c1-7(2)15(23)26-10-9(5-21)25-14(11(10)27-16(24)8(3)4)20-6-18-13(19-20)12(17)22/h6-11,14,21H,5H2,1-4H3,(H2,17,22)/t9-,10-,11-,14-/m1/s1. The van der Waals surface area contributed by atoms with Crippen molar-refractivity contribution in [3.63, 3.8) is 0 Å². The van der Waals surface area contributed by atoms with Crippen LogP contribution in [0.2, 0.25) is 0 Å². The molecule has 0 aliphatic carbocycles. The quantitative estimate of drug-likeness (QED) is 0.586. The van der Waals surface area contributed by atoms with Crippen molar-refractivity contribution >= 4 is 17.8 Å². The average Bonchev–Trinajstić information content (AvgIpc) is 3.20. The number of carbonyl (C=O) groups is 3. The molecule has 11 nitrogen and oxygen atoms in total. The topological polar surface area (TPSA) is 156 Å². The summed E-state index contributed by atoms with van der Waals surface area (Å²) in [6.45, 7) is 6.10. The van der Waals surface area contributed by atoms with Crippen LogP contribution in [0.25, 0.3) is 0 Å². The number of aromatic nitrogens is 3. The van der Waals surface area contributed by atoms with Gasteiger partial charge >= 0.3 is 11.9 Å². The molecule has 1 aliphatic rings. The van der Waals surface area contributed by atoms with Gasteiger partial charge in [0.05, 0.1) is 18.4 Å². The van der Waals surface area contributed by atoms with Crippen molar-refractivity contribution in [2.75, 3.05) is 6.61 Å². The summed E-state index contributed by atoms with van der Waals surface area (Å²) in [7, 11) is 0. The fourth-order valence-corrected chi connectivity index (χ4v) is 2.39. The zero-order valence-electron chi connectivity index (χ0n) is 15.6. The van der Waals surface area contributed by atoms with E-state index >= 15 is 0 Å². The number of primary amides is 1. The molecule has 1 amide bonds. The lowest BCUT2D eigenvalue weighted by Crippen LogP contribution is -2.42. The lowest BCUT2D eigenvalue weighted by atomic mass is 10.1. The van der Waals surface area contributed by atoms with Crippen molar-refractivity contribution < 1.29 is 33.7 Å². The van der Waals surface area contributed by atoms with Crippen LogP contribution in [-0.2, 0) is 23.8 Å². The molecule has 0 radical (unpaired) electrons. The number of aliphatic hydroxyl groups is 1. The van der Waals surface area contributed by atoms with Crippen molar-refractivity contribution in [3.8, 4) is 0 Å². The minimum Gasteiger partial charge on any atom is -0.455 e. The van der Waals surface area contributed by atoms with Gasteiger partial charge in [0.15, 0.2) is 18.4 Å². The Morgan fingerprint density at radius 2 is 1.74 bits per heavy atom. The Kier molecular flexibility index (Phi) is 6.50. The van der Waals surface area contributed by atoms with Crippen LogP contribution >= 0.6 is 0 Å². The van der Waals surface area contributed by atoms with Crippen LogP contribution in [-0.4, -0.2) is 62.6 Å². The van der Waals surface area contributed by atoms with E-state index in [0.29, 0.717) is 0 Å². The summed E-state index contributed by atoms with van der Waals surface area (Å²) in [5, 5.41) is 13.5. The van der Waals surface area contributed by atoms with Crippen LogP contribution in [0.4, 0.5) is 0 Å². The summed E-state index contributed by atoms with van der Waals surface area (Å²) in [6.07, 6.45) is -2.98. The van der Waals surface area contributed by atoms with E-state index in [1.807, 2.05) is 0 Å². The van der Waals surface area contributed by atoms with Gasteiger partial charge in [0.2, 0.25) is 5.82 Å². The minimum absolute atomic E-state index is 0.254. The molecule has 0 spiro atoms. The number of hydrogen-bond acceptors (Lipinski definition) is 9. The number of aliphatic hydroxyl groups excluding tert-OH is 1. The molecule has 1 fully saturated rings. The minimum atomic E-state index is -1.10. The van der Waals surface area contributed by atoms with Gasteiger partial charge in [0.25, 0.3) is 5.91 Å². The van der Waals surface area contributed by atoms with Gasteiger partial charge in [-0.1, -0.05) is 27.7 Å². The summed E-state index contributed by atoms with van der Waals surface area (Å²) in [4.78, 5) is 39.2. The molecule has 0 bridgehead atoms. The van der Waals surface area contributed by atoms with Gasteiger partial charge in [0.1, 0.15) is 12.4 Å². The Labute approximate surface area is 155 Å². The van der Waals surface area contributed by atoms with Crippen molar-refractivity contribution in [2.45, 2.75) is 52.2 Å². The molecule has 2 rings (SSSR count). The maximum atomic E-state index is 12.1. The van der Waals surface area contributed by atoms with E-state index in [1.165, 1.54) is 6.33 Å². The molecule has 1 saturated heterocycles. The molecule has 1 aromatic heterocycles. The zero-order chi connectivity index (χ0) is 20.3. The Hall–Kier alpha value is -2.53. The van der Waals surface area contributed by atoms with Gasteiger partial charge in [-0.2, -0.15) is 0 Å². The SMILES string of the molecule is CC(C)C(=O)O[C@@H]1[C@H](OC(=O)C(C)C)[C@@H](CO)O[C@H]1n1cnc(C(N)=O)n1. The van der Waals surface area contributed by atoms with E-state index < -0.39 is 60.8 Å². The van der Waals surface area contributed by atoms with Crippen LogP contribution in [0.3, 0.4) is 0 Å². The normalized spacial score (nSPS) is 25.0. The van der Waals surface area contributed by atoms with E-state index in [-0.39, 0.29) is 5.82 Å². The fraction of sp³-hybridized carbons (Fsp3) is 0.688. The Morgan fingerprint density at radius 1 is 1.19 bits per heavy atom. The van der Waals surface area contributed by atoms with E-state index in [0.717, 1.165) is 4.68 Å². The van der Waals surface area contributed by atoms with Crippen LogP contribution < -0.4 is 5.73 Å². The van der Waals surface area contributed by atoms with Crippen molar-refractivity contribution in [1.29, 1.82) is 0 Å². The summed E-state index contributed by atoms with van der Waals surface area (Å²) in [5.41, 5.74) is 5.15. The van der Waals surface area contributed by atoms with Crippen LogP contribution in [0.1, 0.15) is 44.5 Å². The first-order valence-corrected chi connectivity index (χ1v) is 8.54. The van der Waals surface area contributed by atoms with Gasteiger partial charge in [-0.25, -0.2) is 9.67 Å². The first-order valence-electron chi connectivity index (χ1n) is 8.54. The Balaban J connectivity index is 2.35. The lowest BCUT2D eigenvalue weighted by Gasteiger charge is -2.25. The van der Waals surface area contributed by atoms with Crippen molar-refractivity contribution in [1.82, 2.24) is 14.8 Å².